The lowest BCUT2D eigenvalue weighted by Gasteiger charge is -2.29. The number of phenols is 1. The highest BCUT2D eigenvalue weighted by Crippen LogP contribution is 2.37. The Bertz CT molecular complexity index is 339. The fraction of sp³-hybridized carbons (Fsp3) is 0.333. The van der Waals surface area contributed by atoms with Crippen molar-refractivity contribution in [3.05, 3.63) is 28.0 Å². The second-order valence-electron chi connectivity index (χ2n) is 3.09. The van der Waals surface area contributed by atoms with Crippen molar-refractivity contribution in [1.82, 2.24) is 5.32 Å². The minimum Gasteiger partial charge on any atom is -0.505 e. The fourth-order valence-corrected chi connectivity index (χ4v) is 2.02. The molecule has 0 amide bonds. The average Bonchev–Trinajstić information content (AvgIpc) is 2.02. The molecule has 2 rings (SSSR count). The topological polar surface area (TPSA) is 32.3 Å². The summed E-state index contributed by atoms with van der Waals surface area (Å²) in [6.45, 7) is 0.924. The Morgan fingerprint density at radius 2 is 2.23 bits per heavy atom. The molecule has 0 radical (unpaired) electrons. The molecule has 1 aromatic carbocycles. The lowest BCUT2D eigenvalue weighted by molar-refractivity contribution is 0.353. The van der Waals surface area contributed by atoms with Crippen LogP contribution in [0, 0.1) is 5.82 Å². The first-order chi connectivity index (χ1) is 6.20. The SMILES string of the molecule is Oc1c(F)ccc(Br)c1[C@H]1CCN1. The Morgan fingerprint density at radius 1 is 1.54 bits per heavy atom. The molecule has 0 spiro atoms. The van der Waals surface area contributed by atoms with E-state index in [2.05, 4.69) is 21.2 Å². The van der Waals surface area contributed by atoms with Gasteiger partial charge in [-0.25, -0.2) is 4.39 Å². The lowest BCUT2D eigenvalue weighted by atomic mass is 9.97. The van der Waals surface area contributed by atoms with Crippen LogP contribution in [0.4, 0.5) is 4.39 Å². The van der Waals surface area contributed by atoms with Crippen molar-refractivity contribution >= 4 is 15.9 Å². The Hall–Kier alpha value is -0.610. The molecule has 2 N–H and O–H groups in total. The second-order valence-corrected chi connectivity index (χ2v) is 3.94. The van der Waals surface area contributed by atoms with Gasteiger partial charge in [0, 0.05) is 16.1 Å². The molecular formula is C9H9BrFNO. The van der Waals surface area contributed by atoms with Crippen molar-refractivity contribution in [3.8, 4) is 5.75 Å². The van der Waals surface area contributed by atoms with E-state index in [0.29, 0.717) is 5.56 Å². The summed E-state index contributed by atoms with van der Waals surface area (Å²) in [7, 11) is 0. The van der Waals surface area contributed by atoms with Gasteiger partial charge >= 0.3 is 0 Å². The second kappa shape index (κ2) is 3.27. The van der Waals surface area contributed by atoms with Gasteiger partial charge in [0.05, 0.1) is 0 Å². The van der Waals surface area contributed by atoms with E-state index in [1.807, 2.05) is 0 Å². The third-order valence-corrected chi connectivity index (χ3v) is 2.98. The maximum Gasteiger partial charge on any atom is 0.165 e. The maximum absolute atomic E-state index is 13.0. The first kappa shape index (κ1) is 8.97. The van der Waals surface area contributed by atoms with Crippen molar-refractivity contribution < 1.29 is 9.50 Å². The van der Waals surface area contributed by atoms with Crippen LogP contribution < -0.4 is 5.32 Å². The maximum atomic E-state index is 13.0. The zero-order valence-electron chi connectivity index (χ0n) is 6.85. The molecule has 4 heteroatoms. The van der Waals surface area contributed by atoms with Crippen LogP contribution in [-0.2, 0) is 0 Å². The first-order valence-corrected chi connectivity index (χ1v) is 4.89. The number of phenolic OH excluding ortho intramolecular Hbond substituents is 1. The van der Waals surface area contributed by atoms with Crippen molar-refractivity contribution in [2.24, 2.45) is 0 Å². The monoisotopic (exact) mass is 245 g/mol. The van der Waals surface area contributed by atoms with Gasteiger partial charge in [-0.3, -0.25) is 0 Å². The van der Waals surface area contributed by atoms with Gasteiger partial charge in [0.25, 0.3) is 0 Å². The zero-order chi connectivity index (χ0) is 9.42. The van der Waals surface area contributed by atoms with Crippen molar-refractivity contribution in [3.63, 3.8) is 0 Å². The third kappa shape index (κ3) is 1.44. The van der Waals surface area contributed by atoms with E-state index >= 15 is 0 Å². The summed E-state index contributed by atoms with van der Waals surface area (Å²) < 4.78 is 13.7. The van der Waals surface area contributed by atoms with E-state index < -0.39 is 5.82 Å². The normalized spacial score (nSPS) is 21.2. The molecule has 1 heterocycles. The Kier molecular flexibility index (Phi) is 2.26. The van der Waals surface area contributed by atoms with E-state index in [1.54, 1.807) is 6.07 Å². The number of halogens is 2. The fourth-order valence-electron chi connectivity index (χ4n) is 1.42. The summed E-state index contributed by atoms with van der Waals surface area (Å²) in [6.07, 6.45) is 0.940. The number of hydrogen-bond donors (Lipinski definition) is 2. The Labute approximate surface area is 83.9 Å². The van der Waals surface area contributed by atoms with E-state index in [-0.39, 0.29) is 11.8 Å². The van der Waals surface area contributed by atoms with E-state index in [4.69, 9.17) is 0 Å². The molecule has 13 heavy (non-hydrogen) atoms. The van der Waals surface area contributed by atoms with Crippen LogP contribution in [0.25, 0.3) is 0 Å². The molecule has 1 aliphatic heterocycles. The molecule has 1 aromatic rings. The number of nitrogens with one attached hydrogen (secondary N) is 1. The number of hydrogen-bond acceptors (Lipinski definition) is 2. The van der Waals surface area contributed by atoms with Gasteiger partial charge in [-0.05, 0) is 25.1 Å². The Morgan fingerprint density at radius 3 is 2.77 bits per heavy atom. The van der Waals surface area contributed by atoms with Crippen molar-refractivity contribution in [1.29, 1.82) is 0 Å². The summed E-state index contributed by atoms with van der Waals surface area (Å²) in [6, 6.07) is 2.96. The van der Waals surface area contributed by atoms with E-state index in [0.717, 1.165) is 17.4 Å². The molecule has 0 bridgehead atoms. The van der Waals surface area contributed by atoms with Gasteiger partial charge < -0.3 is 10.4 Å². The van der Waals surface area contributed by atoms with Crippen LogP contribution in [0.3, 0.4) is 0 Å². The van der Waals surface area contributed by atoms with E-state index in [9.17, 15) is 9.50 Å². The predicted molar refractivity (Wildman–Crippen MR) is 51.1 cm³/mol. The summed E-state index contributed by atoms with van der Waals surface area (Å²) in [5.41, 5.74) is 0.631. The smallest absolute Gasteiger partial charge is 0.165 e. The van der Waals surface area contributed by atoms with Crippen LogP contribution in [-0.4, -0.2) is 11.7 Å². The van der Waals surface area contributed by atoms with Crippen molar-refractivity contribution in [2.75, 3.05) is 6.54 Å². The van der Waals surface area contributed by atoms with Crippen LogP contribution >= 0.6 is 15.9 Å². The van der Waals surface area contributed by atoms with Gasteiger partial charge in [0.1, 0.15) is 0 Å². The summed E-state index contributed by atoms with van der Waals surface area (Å²) >= 11 is 3.29. The lowest BCUT2D eigenvalue weighted by Crippen LogP contribution is -2.35. The standard InChI is InChI=1S/C9H9BrFNO/c10-5-1-2-6(11)9(13)8(5)7-3-4-12-7/h1-2,7,12-13H,3-4H2/t7-/m1/s1. The third-order valence-electron chi connectivity index (χ3n) is 2.29. The molecule has 2 nitrogen and oxygen atoms in total. The molecule has 1 aliphatic rings. The largest absolute Gasteiger partial charge is 0.505 e. The highest BCUT2D eigenvalue weighted by atomic mass is 79.9. The highest BCUT2D eigenvalue weighted by molar-refractivity contribution is 9.10. The van der Waals surface area contributed by atoms with Gasteiger partial charge in [-0.1, -0.05) is 15.9 Å². The van der Waals surface area contributed by atoms with Gasteiger partial charge in [0.15, 0.2) is 11.6 Å². The van der Waals surface area contributed by atoms with Crippen LogP contribution in [0.2, 0.25) is 0 Å². The van der Waals surface area contributed by atoms with Gasteiger partial charge in [-0.2, -0.15) is 0 Å². The highest BCUT2D eigenvalue weighted by Gasteiger charge is 2.25. The molecular weight excluding hydrogens is 237 g/mol. The number of aromatic hydroxyl groups is 1. The van der Waals surface area contributed by atoms with Gasteiger partial charge in [-0.15, -0.1) is 0 Å². The average molecular weight is 246 g/mol. The molecule has 0 aromatic heterocycles. The summed E-state index contributed by atoms with van der Waals surface area (Å²) in [5, 5.41) is 12.6. The van der Waals surface area contributed by atoms with Crippen LogP contribution in [0.1, 0.15) is 18.0 Å². The summed E-state index contributed by atoms with van der Waals surface area (Å²) in [5.74, 6) is -0.807. The van der Waals surface area contributed by atoms with E-state index in [1.165, 1.54) is 6.07 Å². The molecule has 1 saturated heterocycles. The van der Waals surface area contributed by atoms with Gasteiger partial charge in [0.2, 0.25) is 0 Å². The molecule has 1 atom stereocenters. The van der Waals surface area contributed by atoms with Crippen LogP contribution in [0.15, 0.2) is 16.6 Å². The van der Waals surface area contributed by atoms with Crippen LogP contribution in [0.5, 0.6) is 5.75 Å². The Balaban J connectivity index is 2.46. The molecule has 0 saturated carbocycles. The first-order valence-electron chi connectivity index (χ1n) is 4.10. The quantitative estimate of drug-likeness (QED) is 0.797. The molecule has 1 fully saturated rings. The minimum atomic E-state index is -0.563. The minimum absolute atomic E-state index is 0.0880. The summed E-state index contributed by atoms with van der Waals surface area (Å²) in [4.78, 5) is 0. The molecule has 70 valence electrons. The molecule has 0 unspecified atom stereocenters. The predicted octanol–water partition coefficient (Wildman–Crippen LogP) is 2.33. The zero-order valence-corrected chi connectivity index (χ0v) is 8.44. The molecule has 0 aliphatic carbocycles. The number of benzene rings is 1. The number of rotatable bonds is 1. The van der Waals surface area contributed by atoms with Crippen molar-refractivity contribution in [2.45, 2.75) is 12.5 Å².